The first-order valence-corrected chi connectivity index (χ1v) is 11.9. The fraction of sp³-hybridized carbons (Fsp3) is 0.409. The molecule has 2 aliphatic rings. The normalized spacial score (nSPS) is 17.7. The second kappa shape index (κ2) is 9.13. The maximum Gasteiger partial charge on any atom is 0.234 e. The van der Waals surface area contributed by atoms with Gasteiger partial charge in [-0.2, -0.15) is 0 Å². The van der Waals surface area contributed by atoms with Crippen molar-refractivity contribution < 1.29 is 9.53 Å². The van der Waals surface area contributed by atoms with Crippen LogP contribution in [-0.4, -0.2) is 34.7 Å². The third kappa shape index (κ3) is 4.73. The Labute approximate surface area is 179 Å². The van der Waals surface area contributed by atoms with E-state index < -0.39 is 0 Å². The van der Waals surface area contributed by atoms with Crippen LogP contribution in [0, 0.1) is 0 Å². The summed E-state index contributed by atoms with van der Waals surface area (Å²) in [6, 6.07) is 11.6. The van der Waals surface area contributed by atoms with Crippen LogP contribution in [0.1, 0.15) is 43.9 Å². The van der Waals surface area contributed by atoms with Gasteiger partial charge in [-0.25, -0.2) is 4.99 Å². The third-order valence-electron chi connectivity index (χ3n) is 5.04. The van der Waals surface area contributed by atoms with Crippen molar-refractivity contribution in [2.45, 2.75) is 44.7 Å². The third-order valence-corrected chi connectivity index (χ3v) is 6.88. The zero-order valence-electron chi connectivity index (χ0n) is 16.5. The number of amides is 1. The minimum Gasteiger partial charge on any atom is -0.492 e. The summed E-state index contributed by atoms with van der Waals surface area (Å²) in [5, 5.41) is 5.91. The standard InChI is InChI=1S/C22H25N3O2S2/c1-2-27-17-10-5-4-9-16(17)23-19(26)15-29-21-20(18-11-8-14-28-18)24-22(25-21)12-6-3-7-13-22/h4-5,8-11,14H,2-3,6-7,12-13,15H2,1H3,(H,23,26). The number of hydrogen-bond acceptors (Lipinski definition) is 6. The van der Waals surface area contributed by atoms with Crippen LogP contribution in [0.15, 0.2) is 51.8 Å². The maximum atomic E-state index is 12.6. The Morgan fingerprint density at radius 2 is 2.00 bits per heavy atom. The lowest BCUT2D eigenvalue weighted by atomic mass is 9.90. The van der Waals surface area contributed by atoms with E-state index >= 15 is 0 Å². The van der Waals surface area contributed by atoms with Crippen molar-refractivity contribution in [2.75, 3.05) is 17.7 Å². The molecular formula is C22H25N3O2S2. The minimum atomic E-state index is -0.308. The van der Waals surface area contributed by atoms with Gasteiger partial charge < -0.3 is 10.1 Å². The number of rotatable bonds is 6. The fourth-order valence-electron chi connectivity index (χ4n) is 3.71. The number of hydrogen-bond donors (Lipinski definition) is 1. The van der Waals surface area contributed by atoms with E-state index in [1.165, 1.54) is 18.2 Å². The van der Waals surface area contributed by atoms with Gasteiger partial charge in [0.05, 0.1) is 22.9 Å². The largest absolute Gasteiger partial charge is 0.492 e. The molecule has 0 bridgehead atoms. The van der Waals surface area contributed by atoms with Gasteiger partial charge in [-0.3, -0.25) is 9.79 Å². The summed E-state index contributed by atoms with van der Waals surface area (Å²) in [6.07, 6.45) is 5.58. The molecule has 152 valence electrons. The number of aliphatic imine (C=N–C) groups is 2. The van der Waals surface area contributed by atoms with Crippen molar-refractivity contribution in [2.24, 2.45) is 9.98 Å². The molecule has 1 aliphatic heterocycles. The number of nitrogens with zero attached hydrogens (tertiary/aromatic N) is 2. The quantitative estimate of drug-likeness (QED) is 0.673. The Morgan fingerprint density at radius 3 is 2.76 bits per heavy atom. The summed E-state index contributed by atoms with van der Waals surface area (Å²) in [7, 11) is 0. The molecule has 5 nitrogen and oxygen atoms in total. The number of ether oxygens (including phenoxy) is 1. The monoisotopic (exact) mass is 427 g/mol. The topological polar surface area (TPSA) is 63.0 Å². The maximum absolute atomic E-state index is 12.6. The van der Waals surface area contributed by atoms with Crippen LogP contribution >= 0.6 is 23.1 Å². The summed E-state index contributed by atoms with van der Waals surface area (Å²) in [4.78, 5) is 23.8. The van der Waals surface area contributed by atoms with E-state index in [2.05, 4.69) is 16.8 Å². The van der Waals surface area contributed by atoms with Gasteiger partial charge in [-0.05, 0) is 56.2 Å². The van der Waals surface area contributed by atoms with Gasteiger partial charge in [0, 0.05) is 0 Å². The Balaban J connectivity index is 1.46. The number of anilines is 1. The van der Waals surface area contributed by atoms with E-state index in [1.807, 2.05) is 37.3 Å². The highest BCUT2D eigenvalue weighted by molar-refractivity contribution is 8.16. The van der Waals surface area contributed by atoms with E-state index in [0.717, 1.165) is 41.3 Å². The number of thiophene rings is 1. The highest BCUT2D eigenvalue weighted by atomic mass is 32.2. The van der Waals surface area contributed by atoms with Gasteiger partial charge in [-0.15, -0.1) is 11.3 Å². The first kappa shape index (κ1) is 20.2. The summed E-state index contributed by atoms with van der Waals surface area (Å²) < 4.78 is 5.59. The lowest BCUT2D eigenvalue weighted by Gasteiger charge is -2.27. The number of thioether (sulfide) groups is 1. The summed E-state index contributed by atoms with van der Waals surface area (Å²) in [6.45, 7) is 2.49. The number of nitrogens with one attached hydrogen (secondary N) is 1. The molecule has 0 atom stereocenters. The molecule has 1 aliphatic carbocycles. The van der Waals surface area contributed by atoms with Gasteiger partial charge in [-0.1, -0.05) is 36.4 Å². The van der Waals surface area contributed by atoms with Crippen LogP contribution in [0.3, 0.4) is 0 Å². The zero-order valence-corrected chi connectivity index (χ0v) is 18.2. The molecule has 1 aromatic heterocycles. The van der Waals surface area contributed by atoms with Crippen LogP contribution in [0.5, 0.6) is 5.75 Å². The molecular weight excluding hydrogens is 402 g/mol. The Bertz CT molecular complexity index is 916. The second-order valence-corrected chi connectivity index (χ2v) is 9.08. The molecule has 29 heavy (non-hydrogen) atoms. The molecule has 2 heterocycles. The average molecular weight is 428 g/mol. The van der Waals surface area contributed by atoms with E-state index in [0.29, 0.717) is 23.8 Å². The molecule has 0 unspecified atom stereocenters. The Kier molecular flexibility index (Phi) is 6.35. The Hall–Kier alpha value is -2.12. The predicted molar refractivity (Wildman–Crippen MR) is 123 cm³/mol. The molecule has 2 aromatic rings. The molecule has 1 aromatic carbocycles. The van der Waals surface area contributed by atoms with E-state index in [1.54, 1.807) is 11.3 Å². The van der Waals surface area contributed by atoms with Crippen molar-refractivity contribution in [1.29, 1.82) is 0 Å². The summed E-state index contributed by atoms with van der Waals surface area (Å²) in [5.41, 5.74) is 1.34. The zero-order chi connectivity index (χ0) is 20.1. The van der Waals surface area contributed by atoms with Crippen LogP contribution in [0.2, 0.25) is 0 Å². The minimum absolute atomic E-state index is 0.0695. The van der Waals surface area contributed by atoms with E-state index in [9.17, 15) is 4.79 Å². The van der Waals surface area contributed by atoms with Crippen molar-refractivity contribution in [1.82, 2.24) is 0 Å². The molecule has 1 N–H and O–H groups in total. The number of carbonyl (C=O) groups excluding carboxylic acids is 1. The Morgan fingerprint density at radius 1 is 1.17 bits per heavy atom. The molecule has 1 amide bonds. The lowest BCUT2D eigenvalue weighted by Crippen LogP contribution is -2.25. The summed E-state index contributed by atoms with van der Waals surface area (Å²) in [5.74, 6) is 0.910. The van der Waals surface area contributed by atoms with Gasteiger partial charge in [0.15, 0.2) is 5.66 Å². The highest BCUT2D eigenvalue weighted by Gasteiger charge is 2.38. The van der Waals surface area contributed by atoms with Crippen molar-refractivity contribution in [3.63, 3.8) is 0 Å². The van der Waals surface area contributed by atoms with Gasteiger partial charge in [0.25, 0.3) is 0 Å². The van der Waals surface area contributed by atoms with Crippen molar-refractivity contribution in [3.05, 3.63) is 46.7 Å². The number of carbonyl (C=O) groups is 1. The number of para-hydroxylation sites is 2. The number of benzene rings is 1. The molecule has 4 rings (SSSR count). The first-order valence-electron chi connectivity index (χ1n) is 10.1. The molecule has 0 radical (unpaired) electrons. The summed E-state index contributed by atoms with van der Waals surface area (Å²) >= 11 is 3.15. The van der Waals surface area contributed by atoms with Crippen LogP contribution < -0.4 is 10.1 Å². The van der Waals surface area contributed by atoms with Gasteiger partial charge >= 0.3 is 0 Å². The van der Waals surface area contributed by atoms with E-state index in [4.69, 9.17) is 14.7 Å². The highest BCUT2D eigenvalue weighted by Crippen LogP contribution is 2.39. The first-order chi connectivity index (χ1) is 14.2. The molecule has 0 saturated heterocycles. The lowest BCUT2D eigenvalue weighted by molar-refractivity contribution is -0.113. The smallest absolute Gasteiger partial charge is 0.234 e. The van der Waals surface area contributed by atoms with Crippen molar-refractivity contribution >= 4 is 45.4 Å². The predicted octanol–water partition coefficient (Wildman–Crippen LogP) is 5.38. The van der Waals surface area contributed by atoms with E-state index in [-0.39, 0.29) is 11.6 Å². The van der Waals surface area contributed by atoms with Crippen molar-refractivity contribution in [3.8, 4) is 5.75 Å². The van der Waals surface area contributed by atoms with Crippen LogP contribution in [0.4, 0.5) is 5.69 Å². The second-order valence-electron chi connectivity index (χ2n) is 7.16. The molecule has 7 heteroatoms. The molecule has 1 spiro atoms. The molecule has 1 saturated carbocycles. The van der Waals surface area contributed by atoms with Gasteiger partial charge in [0.1, 0.15) is 16.5 Å². The average Bonchev–Trinajstić information content (AvgIpc) is 3.37. The fourth-order valence-corrected chi connectivity index (χ4v) is 5.36. The SMILES string of the molecule is CCOc1ccccc1NC(=O)CSC1=NC2(CCCCC2)N=C1c1cccs1. The van der Waals surface area contributed by atoms with Crippen LogP contribution in [-0.2, 0) is 4.79 Å². The molecule has 1 fully saturated rings. The van der Waals surface area contributed by atoms with Crippen LogP contribution in [0.25, 0.3) is 0 Å². The van der Waals surface area contributed by atoms with Gasteiger partial charge in [0.2, 0.25) is 5.91 Å².